The van der Waals surface area contributed by atoms with E-state index in [-0.39, 0.29) is 5.91 Å². The van der Waals surface area contributed by atoms with E-state index in [1.165, 1.54) is 0 Å². The Hall–Kier alpha value is -0.790. The first-order valence-corrected chi connectivity index (χ1v) is 3.07. The SMILES string of the molecule is C=CC(C)CCC(N)=O. The van der Waals surface area contributed by atoms with Crippen LogP contribution in [-0.4, -0.2) is 5.91 Å². The molecular formula is C7H13NO. The monoisotopic (exact) mass is 127 g/mol. The van der Waals surface area contributed by atoms with Gasteiger partial charge in [-0.15, -0.1) is 6.58 Å². The maximum Gasteiger partial charge on any atom is 0.217 e. The molecule has 0 saturated carbocycles. The van der Waals surface area contributed by atoms with Gasteiger partial charge >= 0.3 is 0 Å². The van der Waals surface area contributed by atoms with Crippen molar-refractivity contribution in [3.05, 3.63) is 12.7 Å². The van der Waals surface area contributed by atoms with E-state index in [9.17, 15) is 4.79 Å². The van der Waals surface area contributed by atoms with Gasteiger partial charge in [-0.2, -0.15) is 0 Å². The molecule has 0 heterocycles. The summed E-state index contributed by atoms with van der Waals surface area (Å²) >= 11 is 0. The Morgan fingerprint density at radius 2 is 2.44 bits per heavy atom. The minimum atomic E-state index is -0.233. The lowest BCUT2D eigenvalue weighted by molar-refractivity contribution is -0.118. The largest absolute Gasteiger partial charge is 0.370 e. The molecule has 0 fully saturated rings. The lowest BCUT2D eigenvalue weighted by atomic mass is 10.1. The Labute approximate surface area is 55.7 Å². The second-order valence-corrected chi connectivity index (χ2v) is 2.22. The minimum Gasteiger partial charge on any atom is -0.370 e. The van der Waals surface area contributed by atoms with Gasteiger partial charge in [-0.1, -0.05) is 13.0 Å². The van der Waals surface area contributed by atoms with Gasteiger partial charge < -0.3 is 5.73 Å². The van der Waals surface area contributed by atoms with Crippen LogP contribution in [-0.2, 0) is 4.79 Å². The quantitative estimate of drug-likeness (QED) is 0.564. The number of carbonyl (C=O) groups excluding carboxylic acids is 1. The molecule has 2 N–H and O–H groups in total. The zero-order valence-electron chi connectivity index (χ0n) is 5.76. The van der Waals surface area contributed by atoms with Crippen molar-refractivity contribution in [2.75, 3.05) is 0 Å². The predicted octanol–water partition coefficient (Wildman–Crippen LogP) is 1.07. The van der Waals surface area contributed by atoms with E-state index in [0.717, 1.165) is 6.42 Å². The molecule has 52 valence electrons. The number of carbonyl (C=O) groups is 1. The Morgan fingerprint density at radius 3 is 2.78 bits per heavy atom. The standard InChI is InChI=1S/C7H13NO/c1-3-6(2)4-5-7(8)9/h3,6H,1,4-5H2,2H3,(H2,8,9). The third kappa shape index (κ3) is 5.07. The molecule has 0 aliphatic rings. The average molecular weight is 127 g/mol. The van der Waals surface area contributed by atoms with Gasteiger partial charge in [0.25, 0.3) is 0 Å². The average Bonchev–Trinajstić information content (AvgIpc) is 1.83. The lowest BCUT2D eigenvalue weighted by Crippen LogP contribution is -2.11. The number of primary amides is 1. The van der Waals surface area contributed by atoms with E-state index in [4.69, 9.17) is 5.73 Å². The second-order valence-electron chi connectivity index (χ2n) is 2.22. The summed E-state index contributed by atoms with van der Waals surface area (Å²) < 4.78 is 0. The topological polar surface area (TPSA) is 43.1 Å². The molecule has 2 heteroatoms. The number of rotatable bonds is 4. The molecule has 0 saturated heterocycles. The molecule has 0 aliphatic carbocycles. The molecule has 0 aliphatic heterocycles. The molecule has 0 aromatic carbocycles. The summed E-state index contributed by atoms with van der Waals surface area (Å²) in [7, 11) is 0. The summed E-state index contributed by atoms with van der Waals surface area (Å²) in [6.45, 7) is 5.60. The third-order valence-electron chi connectivity index (χ3n) is 1.25. The summed E-state index contributed by atoms with van der Waals surface area (Å²) in [5, 5.41) is 0. The van der Waals surface area contributed by atoms with Crippen LogP contribution in [0.25, 0.3) is 0 Å². The Kier molecular flexibility index (Phi) is 3.76. The summed E-state index contributed by atoms with van der Waals surface area (Å²) in [4.78, 5) is 10.2. The highest BCUT2D eigenvalue weighted by Gasteiger charge is 1.98. The van der Waals surface area contributed by atoms with Crippen molar-refractivity contribution in [2.45, 2.75) is 19.8 Å². The number of hydrogen-bond donors (Lipinski definition) is 1. The second kappa shape index (κ2) is 4.13. The number of hydrogen-bond acceptors (Lipinski definition) is 1. The first-order valence-electron chi connectivity index (χ1n) is 3.07. The van der Waals surface area contributed by atoms with Crippen LogP contribution in [0, 0.1) is 5.92 Å². The first kappa shape index (κ1) is 8.21. The van der Waals surface area contributed by atoms with Gasteiger partial charge in [-0.25, -0.2) is 0 Å². The predicted molar refractivity (Wildman–Crippen MR) is 37.8 cm³/mol. The Balaban J connectivity index is 3.26. The Bertz CT molecular complexity index is 109. The number of amides is 1. The Morgan fingerprint density at radius 1 is 1.89 bits per heavy atom. The molecule has 1 unspecified atom stereocenters. The van der Waals surface area contributed by atoms with Crippen molar-refractivity contribution in [3.63, 3.8) is 0 Å². The highest BCUT2D eigenvalue weighted by Crippen LogP contribution is 2.04. The van der Waals surface area contributed by atoms with Crippen LogP contribution in [0.1, 0.15) is 19.8 Å². The van der Waals surface area contributed by atoms with Crippen molar-refractivity contribution in [2.24, 2.45) is 11.7 Å². The van der Waals surface area contributed by atoms with Gasteiger partial charge in [0.15, 0.2) is 0 Å². The maximum absolute atomic E-state index is 10.2. The van der Waals surface area contributed by atoms with Crippen molar-refractivity contribution < 1.29 is 4.79 Å². The van der Waals surface area contributed by atoms with Crippen molar-refractivity contribution in [1.82, 2.24) is 0 Å². The maximum atomic E-state index is 10.2. The van der Waals surface area contributed by atoms with Crippen LogP contribution in [0.15, 0.2) is 12.7 Å². The zero-order valence-corrected chi connectivity index (χ0v) is 5.76. The van der Waals surface area contributed by atoms with Gasteiger partial charge in [-0.3, -0.25) is 4.79 Å². The highest BCUT2D eigenvalue weighted by molar-refractivity contribution is 5.73. The summed E-state index contributed by atoms with van der Waals surface area (Å²) in [5.74, 6) is 0.168. The van der Waals surface area contributed by atoms with Crippen LogP contribution in [0.2, 0.25) is 0 Å². The molecule has 0 aromatic rings. The first-order chi connectivity index (χ1) is 4.16. The normalized spacial score (nSPS) is 12.6. The molecular weight excluding hydrogens is 114 g/mol. The van der Waals surface area contributed by atoms with E-state index >= 15 is 0 Å². The van der Waals surface area contributed by atoms with Crippen LogP contribution in [0.4, 0.5) is 0 Å². The molecule has 0 spiro atoms. The summed E-state index contributed by atoms with van der Waals surface area (Å²) in [6.07, 6.45) is 3.11. The smallest absolute Gasteiger partial charge is 0.217 e. The van der Waals surface area contributed by atoms with Crippen molar-refractivity contribution >= 4 is 5.91 Å². The molecule has 2 nitrogen and oxygen atoms in total. The van der Waals surface area contributed by atoms with Crippen molar-refractivity contribution in [3.8, 4) is 0 Å². The van der Waals surface area contributed by atoms with Crippen LogP contribution >= 0.6 is 0 Å². The molecule has 0 rings (SSSR count). The molecule has 0 aromatic heterocycles. The van der Waals surface area contributed by atoms with E-state index < -0.39 is 0 Å². The van der Waals surface area contributed by atoms with Gasteiger partial charge in [0.1, 0.15) is 0 Å². The van der Waals surface area contributed by atoms with Crippen LogP contribution in [0.5, 0.6) is 0 Å². The van der Waals surface area contributed by atoms with Crippen LogP contribution < -0.4 is 5.73 Å². The number of nitrogens with two attached hydrogens (primary N) is 1. The summed E-state index contributed by atoms with van der Waals surface area (Å²) in [6, 6.07) is 0. The van der Waals surface area contributed by atoms with E-state index in [1.54, 1.807) is 0 Å². The van der Waals surface area contributed by atoms with Gasteiger partial charge in [0, 0.05) is 6.42 Å². The minimum absolute atomic E-state index is 0.233. The fourth-order valence-electron chi connectivity index (χ4n) is 0.488. The molecule has 0 radical (unpaired) electrons. The molecule has 1 amide bonds. The van der Waals surface area contributed by atoms with E-state index in [0.29, 0.717) is 12.3 Å². The zero-order chi connectivity index (χ0) is 7.28. The molecule has 9 heavy (non-hydrogen) atoms. The summed E-state index contributed by atoms with van der Waals surface area (Å²) in [5.41, 5.74) is 4.92. The molecule has 1 atom stereocenters. The molecule has 0 bridgehead atoms. The fourth-order valence-corrected chi connectivity index (χ4v) is 0.488. The highest BCUT2D eigenvalue weighted by atomic mass is 16.1. The van der Waals surface area contributed by atoms with Crippen LogP contribution in [0.3, 0.4) is 0 Å². The van der Waals surface area contributed by atoms with Gasteiger partial charge in [-0.05, 0) is 12.3 Å². The lowest BCUT2D eigenvalue weighted by Gasteiger charge is -2.00. The number of allylic oxidation sites excluding steroid dienone is 1. The van der Waals surface area contributed by atoms with Gasteiger partial charge in [0.2, 0.25) is 5.91 Å². The fraction of sp³-hybridized carbons (Fsp3) is 0.571. The van der Waals surface area contributed by atoms with Crippen molar-refractivity contribution in [1.29, 1.82) is 0 Å². The van der Waals surface area contributed by atoms with E-state index in [2.05, 4.69) is 6.58 Å². The third-order valence-corrected chi connectivity index (χ3v) is 1.25. The van der Waals surface area contributed by atoms with E-state index in [1.807, 2.05) is 13.0 Å². The van der Waals surface area contributed by atoms with Gasteiger partial charge in [0.05, 0.1) is 0 Å².